The first kappa shape index (κ1) is 23.6. The van der Waals surface area contributed by atoms with Crippen LogP contribution in [0.1, 0.15) is 24.0 Å². The summed E-state index contributed by atoms with van der Waals surface area (Å²) in [4.78, 5) is 27.2. The Labute approximate surface area is 201 Å². The molecule has 0 radical (unpaired) electrons. The zero-order valence-electron chi connectivity index (χ0n) is 17.9. The minimum Gasteiger partial charge on any atom is -0.486 e. The number of nitrogens with zero attached hydrogens (tertiary/aromatic N) is 1. The quantitative estimate of drug-likeness (QED) is 0.577. The lowest BCUT2D eigenvalue weighted by Crippen LogP contribution is -2.55. The van der Waals surface area contributed by atoms with E-state index in [2.05, 4.69) is 5.32 Å². The second-order valence-corrected chi connectivity index (χ2v) is 8.91. The van der Waals surface area contributed by atoms with Gasteiger partial charge in [-0.25, -0.2) is 0 Å². The predicted molar refractivity (Wildman–Crippen MR) is 124 cm³/mol. The van der Waals surface area contributed by atoms with Crippen LogP contribution in [0, 0.1) is 0 Å². The fraction of sp³-hybridized carbons (Fsp3) is 0.333. The second kappa shape index (κ2) is 9.73. The molecule has 174 valence electrons. The fourth-order valence-electron chi connectivity index (χ4n) is 4.45. The number of rotatable bonds is 6. The van der Waals surface area contributed by atoms with Gasteiger partial charge in [0.25, 0.3) is 0 Å². The van der Waals surface area contributed by atoms with Crippen LogP contribution in [0.3, 0.4) is 0 Å². The third kappa shape index (κ3) is 4.59. The van der Waals surface area contributed by atoms with Crippen LogP contribution in [0.2, 0.25) is 10.0 Å². The number of halogens is 2. The van der Waals surface area contributed by atoms with Crippen LogP contribution in [0.5, 0.6) is 5.75 Å². The summed E-state index contributed by atoms with van der Waals surface area (Å²) in [5.74, 6) is -0.600. The molecule has 0 saturated carbocycles. The van der Waals surface area contributed by atoms with Gasteiger partial charge in [0, 0.05) is 41.2 Å². The molecule has 0 aromatic heterocycles. The van der Waals surface area contributed by atoms with E-state index in [1.807, 2.05) is 18.2 Å². The molecule has 2 amide bonds. The molecule has 4 unspecified atom stereocenters. The number of hydrogen-bond donors (Lipinski definition) is 3. The Morgan fingerprint density at radius 3 is 2.64 bits per heavy atom. The molecular formula is C24H24Cl2N2O5. The molecule has 2 aromatic carbocycles. The fourth-order valence-corrected chi connectivity index (χ4v) is 4.92. The minimum atomic E-state index is -1.09. The van der Waals surface area contributed by atoms with Gasteiger partial charge in [0.05, 0.1) is 18.6 Å². The van der Waals surface area contributed by atoms with Crippen molar-refractivity contribution in [2.75, 3.05) is 13.2 Å². The average Bonchev–Trinajstić information content (AvgIpc) is 3.18. The summed E-state index contributed by atoms with van der Waals surface area (Å²) < 4.78 is 6.06. The Bertz CT molecular complexity index is 1110. The molecule has 1 aliphatic heterocycles. The van der Waals surface area contributed by atoms with Gasteiger partial charge in [0.2, 0.25) is 11.8 Å². The zero-order valence-corrected chi connectivity index (χ0v) is 19.4. The van der Waals surface area contributed by atoms with Gasteiger partial charge in [-0.15, -0.1) is 0 Å². The standard InChI is InChI=1S/C24H24Cl2N2O5/c1-13(30)28(12-14-6-7-15(25)10-18(14)26)19-11-17(24(32)27-8-9-29)21-16-4-2-3-5-20(16)33-23(21)22(19)31/h2-7,10-11,19,21-23,29,31H,8-9,12H2,1H3,(H,27,32). The maximum Gasteiger partial charge on any atom is 0.247 e. The number of aliphatic hydroxyl groups excluding tert-OH is 2. The molecule has 0 fully saturated rings. The van der Waals surface area contributed by atoms with Crippen molar-refractivity contribution in [3.8, 4) is 5.75 Å². The van der Waals surface area contributed by atoms with Gasteiger partial charge in [0.1, 0.15) is 18.0 Å². The molecule has 0 bridgehead atoms. The van der Waals surface area contributed by atoms with E-state index in [1.54, 1.807) is 30.3 Å². The molecular weight excluding hydrogens is 467 g/mol. The molecule has 2 aromatic rings. The van der Waals surface area contributed by atoms with Crippen LogP contribution in [0.15, 0.2) is 54.1 Å². The average molecular weight is 491 g/mol. The van der Waals surface area contributed by atoms with E-state index in [0.29, 0.717) is 26.9 Å². The number of nitrogens with one attached hydrogen (secondary N) is 1. The van der Waals surface area contributed by atoms with Crippen LogP contribution in [0.4, 0.5) is 0 Å². The highest BCUT2D eigenvalue weighted by atomic mass is 35.5. The van der Waals surface area contributed by atoms with Gasteiger partial charge < -0.3 is 25.2 Å². The molecule has 1 heterocycles. The lowest BCUT2D eigenvalue weighted by molar-refractivity contribution is -0.135. The maximum atomic E-state index is 13.0. The van der Waals surface area contributed by atoms with Crippen LogP contribution in [0.25, 0.3) is 0 Å². The molecule has 0 saturated heterocycles. The summed E-state index contributed by atoms with van der Waals surface area (Å²) in [6, 6.07) is 11.5. The van der Waals surface area contributed by atoms with Gasteiger partial charge in [-0.2, -0.15) is 0 Å². The molecule has 4 rings (SSSR count). The van der Waals surface area contributed by atoms with E-state index in [9.17, 15) is 14.7 Å². The Kier molecular flexibility index (Phi) is 6.95. The number of carbonyl (C=O) groups excluding carboxylic acids is 2. The molecule has 3 N–H and O–H groups in total. The molecule has 9 heteroatoms. The lowest BCUT2D eigenvalue weighted by atomic mass is 9.77. The van der Waals surface area contributed by atoms with Crippen LogP contribution in [-0.4, -0.2) is 58.3 Å². The number of hydrogen-bond acceptors (Lipinski definition) is 5. The van der Waals surface area contributed by atoms with Crippen LogP contribution >= 0.6 is 23.2 Å². The summed E-state index contributed by atoms with van der Waals surface area (Å²) >= 11 is 12.3. The SMILES string of the molecule is CC(=O)N(Cc1ccc(Cl)cc1Cl)C1C=C(C(=O)NCCO)C2c3ccccc3OC2C1O. The smallest absolute Gasteiger partial charge is 0.247 e. The molecule has 7 nitrogen and oxygen atoms in total. The van der Waals surface area contributed by atoms with Gasteiger partial charge in [-0.05, 0) is 29.8 Å². The highest BCUT2D eigenvalue weighted by Crippen LogP contribution is 2.47. The number of amides is 2. The first-order chi connectivity index (χ1) is 15.8. The number of fused-ring (bicyclic) bond motifs is 3. The Balaban J connectivity index is 1.74. The van der Waals surface area contributed by atoms with Gasteiger partial charge in [0.15, 0.2) is 0 Å². The van der Waals surface area contributed by atoms with Gasteiger partial charge >= 0.3 is 0 Å². The zero-order chi connectivity index (χ0) is 23.7. The Hall–Kier alpha value is -2.58. The number of carbonyl (C=O) groups is 2. The van der Waals surface area contributed by atoms with Crippen molar-refractivity contribution in [2.45, 2.75) is 37.6 Å². The monoisotopic (exact) mass is 490 g/mol. The van der Waals surface area contributed by atoms with Gasteiger partial charge in [-0.1, -0.05) is 47.5 Å². The lowest BCUT2D eigenvalue weighted by Gasteiger charge is -2.40. The molecule has 2 aliphatic rings. The molecule has 4 atom stereocenters. The summed E-state index contributed by atoms with van der Waals surface area (Å²) in [6.45, 7) is 1.38. The summed E-state index contributed by atoms with van der Waals surface area (Å²) in [6.07, 6.45) is -0.225. The van der Waals surface area contributed by atoms with Crippen LogP contribution in [-0.2, 0) is 16.1 Å². The third-order valence-electron chi connectivity index (χ3n) is 6.00. The van der Waals surface area contributed by atoms with Crippen LogP contribution < -0.4 is 10.1 Å². The van der Waals surface area contributed by atoms with Crippen molar-refractivity contribution in [1.82, 2.24) is 10.2 Å². The molecule has 33 heavy (non-hydrogen) atoms. The molecule has 0 spiro atoms. The summed E-state index contributed by atoms with van der Waals surface area (Å²) in [5.41, 5.74) is 1.82. The van der Waals surface area contributed by atoms with Crippen molar-refractivity contribution in [3.63, 3.8) is 0 Å². The maximum absolute atomic E-state index is 13.0. The van der Waals surface area contributed by atoms with Crippen molar-refractivity contribution >= 4 is 35.0 Å². The van der Waals surface area contributed by atoms with E-state index in [1.165, 1.54) is 11.8 Å². The first-order valence-electron chi connectivity index (χ1n) is 10.6. The van der Waals surface area contributed by atoms with E-state index < -0.39 is 24.2 Å². The van der Waals surface area contributed by atoms with E-state index in [4.69, 9.17) is 33.0 Å². The van der Waals surface area contributed by atoms with Crippen molar-refractivity contribution in [3.05, 3.63) is 75.3 Å². The highest BCUT2D eigenvalue weighted by molar-refractivity contribution is 6.35. The van der Waals surface area contributed by atoms with Crippen molar-refractivity contribution < 1.29 is 24.5 Å². The third-order valence-corrected chi connectivity index (χ3v) is 6.58. The highest BCUT2D eigenvalue weighted by Gasteiger charge is 2.50. The Morgan fingerprint density at radius 2 is 1.94 bits per heavy atom. The van der Waals surface area contributed by atoms with Crippen molar-refractivity contribution in [1.29, 1.82) is 0 Å². The Morgan fingerprint density at radius 1 is 1.18 bits per heavy atom. The summed E-state index contributed by atoms with van der Waals surface area (Å²) in [7, 11) is 0. The van der Waals surface area contributed by atoms with E-state index in [-0.39, 0.29) is 31.5 Å². The van der Waals surface area contributed by atoms with Crippen molar-refractivity contribution in [2.24, 2.45) is 0 Å². The number of aliphatic hydroxyl groups is 2. The topological polar surface area (TPSA) is 99.1 Å². The van der Waals surface area contributed by atoms with E-state index in [0.717, 1.165) is 5.56 Å². The number of ether oxygens (including phenoxy) is 1. The summed E-state index contributed by atoms with van der Waals surface area (Å²) in [5, 5.41) is 24.0. The first-order valence-corrected chi connectivity index (χ1v) is 11.3. The van der Waals surface area contributed by atoms with Gasteiger partial charge in [-0.3, -0.25) is 9.59 Å². The normalized spacial score (nSPS) is 23.1. The number of benzene rings is 2. The molecule has 1 aliphatic carbocycles. The largest absolute Gasteiger partial charge is 0.486 e. The number of para-hydroxylation sites is 1. The second-order valence-electron chi connectivity index (χ2n) is 8.06. The minimum absolute atomic E-state index is 0.0834. The van der Waals surface area contributed by atoms with E-state index >= 15 is 0 Å². The predicted octanol–water partition coefficient (Wildman–Crippen LogP) is 2.66.